The van der Waals surface area contributed by atoms with Crippen LogP contribution in [0, 0.1) is 0 Å². The first-order valence-electron chi connectivity index (χ1n) is 9.52. The highest BCUT2D eigenvalue weighted by Gasteiger charge is 2.12. The summed E-state index contributed by atoms with van der Waals surface area (Å²) in [6.45, 7) is 1.78. The Morgan fingerprint density at radius 3 is 2.48 bits per heavy atom. The van der Waals surface area contributed by atoms with Crippen LogP contribution in [0.5, 0.6) is 0 Å². The number of benzene rings is 3. The zero-order valence-corrected chi connectivity index (χ0v) is 16.1. The van der Waals surface area contributed by atoms with Gasteiger partial charge in [0.05, 0.1) is 11.7 Å². The van der Waals surface area contributed by atoms with Crippen LogP contribution in [0.4, 0.5) is 0 Å². The second-order valence-corrected chi connectivity index (χ2v) is 6.94. The molecule has 0 saturated carbocycles. The molecule has 0 aliphatic carbocycles. The van der Waals surface area contributed by atoms with Crippen LogP contribution >= 0.6 is 0 Å². The number of rotatable bonds is 5. The molecule has 0 fully saturated rings. The van der Waals surface area contributed by atoms with Crippen LogP contribution in [0.1, 0.15) is 18.5 Å². The Kier molecular flexibility index (Phi) is 5.20. The zero-order valence-electron chi connectivity index (χ0n) is 16.1. The molecule has 0 aliphatic rings. The van der Waals surface area contributed by atoms with Crippen molar-refractivity contribution in [2.45, 2.75) is 19.5 Å². The summed E-state index contributed by atoms with van der Waals surface area (Å²) < 4.78 is 1.21. The number of nitrogens with one attached hydrogen (secondary N) is 1. The summed E-state index contributed by atoms with van der Waals surface area (Å²) in [6, 6.07) is 26.7. The lowest BCUT2D eigenvalue weighted by atomic mass is 10.0. The van der Waals surface area contributed by atoms with Gasteiger partial charge < -0.3 is 5.32 Å². The molecule has 1 atom stereocenters. The van der Waals surface area contributed by atoms with E-state index >= 15 is 0 Å². The van der Waals surface area contributed by atoms with Crippen LogP contribution in [0.25, 0.3) is 22.0 Å². The summed E-state index contributed by atoms with van der Waals surface area (Å²) in [4.78, 5) is 24.8. The summed E-state index contributed by atoms with van der Waals surface area (Å²) in [7, 11) is 0. The second kappa shape index (κ2) is 8.10. The number of amides is 1. The van der Waals surface area contributed by atoms with Crippen LogP contribution in [0.2, 0.25) is 0 Å². The van der Waals surface area contributed by atoms with Crippen molar-refractivity contribution in [3.05, 3.63) is 101 Å². The summed E-state index contributed by atoms with van der Waals surface area (Å²) >= 11 is 0. The molecule has 0 aliphatic heterocycles. The first-order chi connectivity index (χ1) is 14.1. The lowest BCUT2D eigenvalue weighted by molar-refractivity contribution is -0.122. The number of carbonyl (C=O) groups excluding carboxylic acids is 1. The lowest BCUT2D eigenvalue weighted by Crippen LogP contribution is -2.34. The predicted octanol–water partition coefficient (Wildman–Crippen LogP) is 3.94. The van der Waals surface area contributed by atoms with Gasteiger partial charge >= 0.3 is 0 Å². The Hall–Kier alpha value is -3.73. The third-order valence-corrected chi connectivity index (χ3v) is 4.90. The van der Waals surface area contributed by atoms with Crippen molar-refractivity contribution in [3.63, 3.8) is 0 Å². The molecule has 5 heteroatoms. The van der Waals surface area contributed by atoms with Crippen molar-refractivity contribution in [2.24, 2.45) is 0 Å². The van der Waals surface area contributed by atoms with E-state index in [4.69, 9.17) is 0 Å². The lowest BCUT2D eigenvalue weighted by Gasteiger charge is -2.15. The fraction of sp³-hybridized carbons (Fsp3) is 0.125. The van der Waals surface area contributed by atoms with Crippen LogP contribution in [-0.4, -0.2) is 15.7 Å². The summed E-state index contributed by atoms with van der Waals surface area (Å²) in [5.74, 6) is -0.258. The van der Waals surface area contributed by atoms with Gasteiger partial charge in [-0.3, -0.25) is 9.59 Å². The molecule has 0 spiro atoms. The minimum atomic E-state index is -0.309. The monoisotopic (exact) mass is 383 g/mol. The van der Waals surface area contributed by atoms with E-state index in [2.05, 4.69) is 10.4 Å². The van der Waals surface area contributed by atoms with E-state index in [1.165, 1.54) is 10.7 Å². The van der Waals surface area contributed by atoms with Crippen molar-refractivity contribution in [2.75, 3.05) is 0 Å². The molecule has 3 aromatic carbocycles. The normalized spacial score (nSPS) is 11.9. The van der Waals surface area contributed by atoms with Crippen molar-refractivity contribution in [1.82, 2.24) is 15.1 Å². The van der Waals surface area contributed by atoms with E-state index in [9.17, 15) is 9.59 Å². The highest BCUT2D eigenvalue weighted by Crippen LogP contribution is 2.26. The molecular weight excluding hydrogens is 362 g/mol. The summed E-state index contributed by atoms with van der Waals surface area (Å²) in [5, 5.41) is 9.53. The molecular formula is C24H21N3O2. The molecule has 1 heterocycles. The fourth-order valence-corrected chi connectivity index (χ4v) is 3.40. The average molecular weight is 383 g/mol. The van der Waals surface area contributed by atoms with Crippen molar-refractivity contribution in [1.29, 1.82) is 0 Å². The van der Waals surface area contributed by atoms with E-state index < -0.39 is 0 Å². The minimum Gasteiger partial charge on any atom is -0.348 e. The Morgan fingerprint density at radius 1 is 0.931 bits per heavy atom. The smallest absolute Gasteiger partial charge is 0.267 e. The van der Waals surface area contributed by atoms with Gasteiger partial charge in [-0.15, -0.1) is 0 Å². The highest BCUT2D eigenvalue weighted by atomic mass is 16.2. The third kappa shape index (κ3) is 4.09. The molecule has 4 aromatic rings. The topological polar surface area (TPSA) is 64.0 Å². The summed E-state index contributed by atoms with van der Waals surface area (Å²) in [5.41, 5.74) is 2.28. The maximum atomic E-state index is 12.5. The van der Waals surface area contributed by atoms with Gasteiger partial charge in [0, 0.05) is 11.6 Å². The van der Waals surface area contributed by atoms with E-state index in [-0.39, 0.29) is 24.1 Å². The van der Waals surface area contributed by atoms with Gasteiger partial charge in [-0.1, -0.05) is 72.8 Å². The average Bonchev–Trinajstić information content (AvgIpc) is 2.75. The largest absolute Gasteiger partial charge is 0.348 e. The fourth-order valence-electron chi connectivity index (χ4n) is 3.40. The standard InChI is InChI=1S/C24H21N3O2/c1-17(18-8-3-2-4-9-18)25-23(28)16-27-24(29)15-14-22(26-27)21-13-7-11-19-10-5-6-12-20(19)21/h2-15,17H,16H2,1H3,(H,25,28). The molecule has 0 saturated heterocycles. The molecule has 144 valence electrons. The highest BCUT2D eigenvalue weighted by molar-refractivity contribution is 5.95. The maximum Gasteiger partial charge on any atom is 0.267 e. The van der Waals surface area contributed by atoms with Crippen LogP contribution in [0.3, 0.4) is 0 Å². The van der Waals surface area contributed by atoms with Gasteiger partial charge in [-0.2, -0.15) is 5.10 Å². The Balaban J connectivity index is 1.59. The van der Waals surface area contributed by atoms with E-state index in [1.807, 2.05) is 79.7 Å². The van der Waals surface area contributed by atoms with Crippen LogP contribution in [0.15, 0.2) is 89.7 Å². The van der Waals surface area contributed by atoms with Gasteiger partial charge in [-0.25, -0.2) is 4.68 Å². The molecule has 1 aromatic heterocycles. The van der Waals surface area contributed by atoms with Crippen molar-refractivity contribution < 1.29 is 4.79 Å². The third-order valence-electron chi connectivity index (χ3n) is 4.90. The van der Waals surface area contributed by atoms with Crippen molar-refractivity contribution >= 4 is 16.7 Å². The maximum absolute atomic E-state index is 12.5. The van der Waals surface area contributed by atoms with E-state index in [0.717, 1.165) is 21.9 Å². The first kappa shape index (κ1) is 18.6. The first-order valence-corrected chi connectivity index (χ1v) is 9.52. The number of aromatic nitrogens is 2. The molecule has 29 heavy (non-hydrogen) atoms. The number of hydrogen-bond acceptors (Lipinski definition) is 3. The molecule has 4 rings (SSSR count). The van der Waals surface area contributed by atoms with Gasteiger partial charge in [0.1, 0.15) is 6.54 Å². The molecule has 5 nitrogen and oxygen atoms in total. The number of fused-ring (bicyclic) bond motifs is 1. The summed E-state index contributed by atoms with van der Waals surface area (Å²) in [6.07, 6.45) is 0. The Morgan fingerprint density at radius 2 is 1.66 bits per heavy atom. The minimum absolute atomic E-state index is 0.130. The molecule has 1 amide bonds. The molecule has 1 unspecified atom stereocenters. The molecule has 1 N–H and O–H groups in total. The van der Waals surface area contributed by atoms with Gasteiger partial charge in [-0.05, 0) is 29.3 Å². The van der Waals surface area contributed by atoms with Gasteiger partial charge in [0.2, 0.25) is 5.91 Å². The SMILES string of the molecule is CC(NC(=O)Cn1nc(-c2cccc3ccccc23)ccc1=O)c1ccccc1. The van der Waals surface area contributed by atoms with E-state index in [1.54, 1.807) is 6.07 Å². The van der Waals surface area contributed by atoms with Gasteiger partial charge in [0.15, 0.2) is 0 Å². The Bertz CT molecular complexity index is 1210. The van der Waals surface area contributed by atoms with Crippen molar-refractivity contribution in [3.8, 4) is 11.3 Å². The van der Waals surface area contributed by atoms with Crippen LogP contribution < -0.4 is 10.9 Å². The molecule has 0 radical (unpaired) electrons. The van der Waals surface area contributed by atoms with E-state index in [0.29, 0.717) is 5.69 Å². The zero-order chi connectivity index (χ0) is 20.2. The van der Waals surface area contributed by atoms with Crippen LogP contribution in [-0.2, 0) is 11.3 Å². The molecule has 0 bridgehead atoms. The Labute approximate surface area is 168 Å². The van der Waals surface area contributed by atoms with Gasteiger partial charge in [0.25, 0.3) is 5.56 Å². The number of nitrogens with zero attached hydrogens (tertiary/aromatic N) is 2. The predicted molar refractivity (Wildman–Crippen MR) is 114 cm³/mol. The number of carbonyl (C=O) groups is 1. The quantitative estimate of drug-likeness (QED) is 0.568. The number of hydrogen-bond donors (Lipinski definition) is 1. The second-order valence-electron chi connectivity index (χ2n) is 6.94.